The second kappa shape index (κ2) is 8.63. The maximum atomic E-state index is 12.6. The monoisotopic (exact) mass is 374 g/mol. The van der Waals surface area contributed by atoms with Gasteiger partial charge in [-0.05, 0) is 38.0 Å². The minimum absolute atomic E-state index is 0.0617. The van der Waals surface area contributed by atoms with E-state index >= 15 is 0 Å². The summed E-state index contributed by atoms with van der Waals surface area (Å²) >= 11 is 0. The number of carbonyl (C=O) groups is 1. The van der Waals surface area contributed by atoms with Crippen molar-refractivity contribution < 1.29 is 9.53 Å². The average molecular weight is 375 g/mol. The van der Waals surface area contributed by atoms with E-state index in [2.05, 4.69) is 16.9 Å². The molecule has 1 aliphatic carbocycles. The lowest BCUT2D eigenvalue weighted by Gasteiger charge is -2.25. The Kier molecular flexibility index (Phi) is 6.01. The van der Waals surface area contributed by atoms with Gasteiger partial charge in [-0.2, -0.15) is 5.10 Å². The minimum Gasteiger partial charge on any atom is -0.376 e. The van der Waals surface area contributed by atoms with Gasteiger partial charge in [0.15, 0.2) is 0 Å². The summed E-state index contributed by atoms with van der Waals surface area (Å²) in [7, 11) is 0. The third kappa shape index (κ3) is 4.00. The summed E-state index contributed by atoms with van der Waals surface area (Å²) in [6, 6.07) is 0.163. The van der Waals surface area contributed by atoms with Gasteiger partial charge < -0.3 is 15.0 Å². The van der Waals surface area contributed by atoms with Crippen LogP contribution in [0.15, 0.2) is 0 Å². The van der Waals surface area contributed by atoms with Gasteiger partial charge in [-0.3, -0.25) is 4.68 Å². The molecule has 2 amide bonds. The van der Waals surface area contributed by atoms with Crippen molar-refractivity contribution in [2.45, 2.75) is 83.9 Å². The number of aromatic nitrogens is 2. The highest BCUT2D eigenvalue weighted by atomic mass is 16.5. The number of nitrogens with zero attached hydrogens (tertiary/aromatic N) is 3. The van der Waals surface area contributed by atoms with E-state index in [0.29, 0.717) is 6.61 Å². The smallest absolute Gasteiger partial charge is 0.317 e. The van der Waals surface area contributed by atoms with E-state index in [1.54, 1.807) is 0 Å². The molecular weight excluding hydrogens is 340 g/mol. The Morgan fingerprint density at radius 3 is 2.89 bits per heavy atom. The molecule has 3 heterocycles. The van der Waals surface area contributed by atoms with Crippen LogP contribution >= 0.6 is 0 Å². The molecule has 0 aromatic carbocycles. The number of ether oxygens (including phenoxy) is 1. The Balaban J connectivity index is 1.57. The van der Waals surface area contributed by atoms with E-state index in [0.717, 1.165) is 63.5 Å². The van der Waals surface area contributed by atoms with E-state index in [4.69, 9.17) is 9.84 Å². The van der Waals surface area contributed by atoms with Gasteiger partial charge in [0.2, 0.25) is 0 Å². The first-order valence-corrected chi connectivity index (χ1v) is 11.0. The maximum Gasteiger partial charge on any atom is 0.317 e. The minimum atomic E-state index is 0.0617. The molecule has 4 rings (SSSR count). The van der Waals surface area contributed by atoms with Gasteiger partial charge in [0.25, 0.3) is 0 Å². The molecule has 1 saturated heterocycles. The molecule has 1 aromatic rings. The Morgan fingerprint density at radius 1 is 1.22 bits per heavy atom. The lowest BCUT2D eigenvalue weighted by molar-refractivity contribution is 0.107. The first-order valence-electron chi connectivity index (χ1n) is 11.0. The van der Waals surface area contributed by atoms with Crippen LogP contribution in [0.3, 0.4) is 0 Å². The molecule has 0 spiro atoms. The standard InChI is InChI=1S/C21H34N4O2/c1-2-11-22-21(26)24-12-6-9-19(24)20-17-15-27-13-10-18(17)25(23-20)14-16-7-4-3-5-8-16/h16,19H,2-15H2,1H3,(H,22,26). The van der Waals surface area contributed by atoms with Gasteiger partial charge in [0, 0.05) is 37.3 Å². The third-order valence-corrected chi connectivity index (χ3v) is 6.44. The van der Waals surface area contributed by atoms with E-state index in [1.165, 1.54) is 43.4 Å². The number of nitrogens with one attached hydrogen (secondary N) is 1. The second-order valence-electron chi connectivity index (χ2n) is 8.38. The molecule has 6 nitrogen and oxygen atoms in total. The number of hydrogen-bond acceptors (Lipinski definition) is 3. The van der Waals surface area contributed by atoms with Crippen molar-refractivity contribution in [3.8, 4) is 0 Å². The Labute approximate surface area is 162 Å². The van der Waals surface area contributed by atoms with Crippen LogP contribution in [0.5, 0.6) is 0 Å². The first-order chi connectivity index (χ1) is 13.3. The van der Waals surface area contributed by atoms with E-state index < -0.39 is 0 Å². The number of carbonyl (C=O) groups excluding carboxylic acids is 1. The Hall–Kier alpha value is -1.56. The SMILES string of the molecule is CCCNC(=O)N1CCCC1c1nn(CC2CCCCC2)c2c1COCC2. The van der Waals surface area contributed by atoms with Crippen molar-refractivity contribution in [3.05, 3.63) is 17.0 Å². The molecule has 2 aliphatic heterocycles. The van der Waals surface area contributed by atoms with Gasteiger partial charge in [0.1, 0.15) is 0 Å². The predicted molar refractivity (Wildman–Crippen MR) is 105 cm³/mol. The summed E-state index contributed by atoms with van der Waals surface area (Å²) in [6.07, 6.45) is 10.7. The topological polar surface area (TPSA) is 59.4 Å². The zero-order valence-corrected chi connectivity index (χ0v) is 16.7. The lowest BCUT2D eigenvalue weighted by atomic mass is 9.89. The zero-order chi connectivity index (χ0) is 18.6. The molecule has 1 atom stereocenters. The van der Waals surface area contributed by atoms with Crippen molar-refractivity contribution in [1.82, 2.24) is 20.0 Å². The quantitative estimate of drug-likeness (QED) is 0.853. The first kappa shape index (κ1) is 18.8. The molecule has 27 heavy (non-hydrogen) atoms. The van der Waals surface area contributed by atoms with Gasteiger partial charge >= 0.3 is 6.03 Å². The molecular formula is C21H34N4O2. The average Bonchev–Trinajstić information content (AvgIpc) is 3.32. The zero-order valence-electron chi connectivity index (χ0n) is 16.7. The second-order valence-corrected chi connectivity index (χ2v) is 8.38. The van der Waals surface area contributed by atoms with Gasteiger partial charge in [-0.25, -0.2) is 4.79 Å². The molecule has 0 radical (unpaired) electrons. The molecule has 1 N–H and O–H groups in total. The highest BCUT2D eigenvalue weighted by Crippen LogP contribution is 2.36. The van der Waals surface area contributed by atoms with Crippen LogP contribution in [0.1, 0.15) is 81.3 Å². The van der Waals surface area contributed by atoms with Crippen molar-refractivity contribution in [2.24, 2.45) is 5.92 Å². The van der Waals surface area contributed by atoms with E-state index in [-0.39, 0.29) is 12.1 Å². The molecule has 3 aliphatic rings. The third-order valence-electron chi connectivity index (χ3n) is 6.44. The number of urea groups is 1. The molecule has 150 valence electrons. The molecule has 0 bridgehead atoms. The van der Waals surface area contributed by atoms with Crippen LogP contribution < -0.4 is 5.32 Å². The number of likely N-dealkylation sites (tertiary alicyclic amines) is 1. The number of fused-ring (bicyclic) bond motifs is 1. The molecule has 1 saturated carbocycles. The normalized spacial score (nSPS) is 23.4. The summed E-state index contributed by atoms with van der Waals surface area (Å²) in [4.78, 5) is 14.6. The summed E-state index contributed by atoms with van der Waals surface area (Å²) < 4.78 is 8.07. The predicted octanol–water partition coefficient (Wildman–Crippen LogP) is 3.79. The van der Waals surface area contributed by atoms with Crippen molar-refractivity contribution in [3.63, 3.8) is 0 Å². The van der Waals surface area contributed by atoms with Crippen LogP contribution in [-0.4, -0.2) is 40.4 Å². The fourth-order valence-corrected chi connectivity index (χ4v) is 5.00. The number of rotatable bonds is 5. The fourth-order valence-electron chi connectivity index (χ4n) is 5.00. The number of hydrogen-bond donors (Lipinski definition) is 1. The largest absolute Gasteiger partial charge is 0.376 e. The van der Waals surface area contributed by atoms with Crippen LogP contribution in [0.4, 0.5) is 4.79 Å². The van der Waals surface area contributed by atoms with Crippen LogP contribution in [-0.2, 0) is 24.3 Å². The Bertz CT molecular complexity index is 651. The molecule has 1 unspecified atom stereocenters. The highest BCUT2D eigenvalue weighted by molar-refractivity contribution is 5.75. The van der Waals surface area contributed by atoms with E-state index in [1.807, 2.05) is 4.90 Å². The van der Waals surface area contributed by atoms with Crippen LogP contribution in [0, 0.1) is 5.92 Å². The summed E-state index contributed by atoms with van der Waals surface area (Å²) in [5.41, 5.74) is 3.73. The van der Waals surface area contributed by atoms with Crippen LogP contribution in [0.2, 0.25) is 0 Å². The summed E-state index contributed by atoms with van der Waals surface area (Å²) in [5, 5.41) is 8.14. The van der Waals surface area contributed by atoms with Crippen molar-refractivity contribution in [2.75, 3.05) is 19.7 Å². The van der Waals surface area contributed by atoms with Crippen molar-refractivity contribution in [1.29, 1.82) is 0 Å². The Morgan fingerprint density at radius 2 is 2.07 bits per heavy atom. The van der Waals surface area contributed by atoms with Gasteiger partial charge in [-0.1, -0.05) is 26.2 Å². The van der Waals surface area contributed by atoms with Crippen molar-refractivity contribution >= 4 is 6.03 Å². The van der Waals surface area contributed by atoms with Gasteiger partial charge in [-0.15, -0.1) is 0 Å². The molecule has 2 fully saturated rings. The maximum absolute atomic E-state index is 12.6. The number of amides is 2. The molecule has 6 heteroatoms. The van der Waals surface area contributed by atoms with Gasteiger partial charge in [0.05, 0.1) is 24.9 Å². The highest BCUT2D eigenvalue weighted by Gasteiger charge is 2.35. The van der Waals surface area contributed by atoms with Crippen LogP contribution in [0.25, 0.3) is 0 Å². The fraction of sp³-hybridized carbons (Fsp3) is 0.810. The van der Waals surface area contributed by atoms with E-state index in [9.17, 15) is 4.79 Å². The summed E-state index contributed by atoms with van der Waals surface area (Å²) in [5.74, 6) is 0.756. The summed E-state index contributed by atoms with van der Waals surface area (Å²) in [6.45, 7) is 6.12. The lowest BCUT2D eigenvalue weighted by Crippen LogP contribution is -2.40. The molecule has 1 aromatic heterocycles.